The van der Waals surface area contributed by atoms with Gasteiger partial charge in [0.25, 0.3) is 0 Å². The molecule has 0 radical (unpaired) electrons. The number of halogens is 3. The molecule has 1 unspecified atom stereocenters. The van der Waals surface area contributed by atoms with E-state index < -0.39 is 35.1 Å². The Morgan fingerprint density at radius 3 is 2.42 bits per heavy atom. The zero-order valence-electron chi connectivity index (χ0n) is 13.3. The molecule has 4 nitrogen and oxygen atoms in total. The highest BCUT2D eigenvalue weighted by molar-refractivity contribution is 5.79. The fourth-order valence-electron chi connectivity index (χ4n) is 3.16. The summed E-state index contributed by atoms with van der Waals surface area (Å²) in [7, 11) is 0. The summed E-state index contributed by atoms with van der Waals surface area (Å²) in [5, 5.41) is 11.7. The Labute approximate surface area is 138 Å². The normalized spacial score (nSPS) is 17.7. The molecular formula is C17H20F3NO3. The summed E-state index contributed by atoms with van der Waals surface area (Å²) in [5.41, 5.74) is -1.41. The van der Waals surface area contributed by atoms with E-state index in [-0.39, 0.29) is 18.4 Å². The molecule has 2 rings (SSSR count). The first-order chi connectivity index (χ1) is 11.1. The van der Waals surface area contributed by atoms with Crippen molar-refractivity contribution in [2.24, 2.45) is 0 Å². The van der Waals surface area contributed by atoms with Gasteiger partial charge in [-0.2, -0.15) is 13.2 Å². The van der Waals surface area contributed by atoms with E-state index in [0.29, 0.717) is 12.8 Å². The summed E-state index contributed by atoms with van der Waals surface area (Å²) in [5.74, 6) is -2.03. The van der Waals surface area contributed by atoms with Crippen molar-refractivity contribution >= 4 is 11.9 Å². The van der Waals surface area contributed by atoms with Gasteiger partial charge in [-0.1, -0.05) is 25.1 Å². The maximum absolute atomic E-state index is 13.1. The number of alkyl halides is 3. The van der Waals surface area contributed by atoms with E-state index in [2.05, 4.69) is 5.32 Å². The zero-order chi connectivity index (χ0) is 18.0. The molecule has 1 aromatic rings. The molecule has 132 valence electrons. The van der Waals surface area contributed by atoms with Crippen LogP contribution in [0.15, 0.2) is 24.3 Å². The average molecular weight is 343 g/mol. The predicted octanol–water partition coefficient (Wildman–Crippen LogP) is 3.71. The van der Waals surface area contributed by atoms with E-state index in [1.165, 1.54) is 18.2 Å². The molecule has 1 atom stereocenters. The lowest BCUT2D eigenvalue weighted by Gasteiger charge is -2.41. The number of carbonyl (C=O) groups excluding carboxylic acids is 1. The Morgan fingerprint density at radius 2 is 1.92 bits per heavy atom. The molecule has 1 saturated carbocycles. The molecule has 1 fully saturated rings. The van der Waals surface area contributed by atoms with Crippen molar-refractivity contribution in [2.75, 3.05) is 0 Å². The molecule has 1 aromatic carbocycles. The molecule has 0 saturated heterocycles. The van der Waals surface area contributed by atoms with Gasteiger partial charge in [-0.25, -0.2) is 0 Å². The van der Waals surface area contributed by atoms with Crippen molar-refractivity contribution in [3.63, 3.8) is 0 Å². The lowest BCUT2D eigenvalue weighted by atomic mass is 9.74. The van der Waals surface area contributed by atoms with Gasteiger partial charge in [0.1, 0.15) is 0 Å². The van der Waals surface area contributed by atoms with Crippen LogP contribution in [0.3, 0.4) is 0 Å². The van der Waals surface area contributed by atoms with Crippen LogP contribution in [-0.2, 0) is 15.8 Å². The van der Waals surface area contributed by atoms with Crippen molar-refractivity contribution in [1.29, 1.82) is 0 Å². The third-order valence-corrected chi connectivity index (χ3v) is 4.49. The summed E-state index contributed by atoms with van der Waals surface area (Å²) in [6, 6.07) is 5.20. The van der Waals surface area contributed by atoms with Crippen LogP contribution in [0.2, 0.25) is 0 Å². The second-order valence-corrected chi connectivity index (χ2v) is 6.44. The van der Waals surface area contributed by atoms with E-state index in [1.807, 2.05) is 0 Å². The minimum atomic E-state index is -4.47. The molecule has 24 heavy (non-hydrogen) atoms. The summed E-state index contributed by atoms with van der Waals surface area (Å²) >= 11 is 0. The van der Waals surface area contributed by atoms with Crippen molar-refractivity contribution in [3.05, 3.63) is 35.4 Å². The molecule has 2 N–H and O–H groups in total. The summed E-state index contributed by atoms with van der Waals surface area (Å²) < 4.78 is 39.2. The molecule has 1 amide bonds. The Hall–Kier alpha value is -2.05. The largest absolute Gasteiger partial charge is 0.481 e. The second kappa shape index (κ2) is 6.83. The third kappa shape index (κ3) is 4.27. The van der Waals surface area contributed by atoms with Crippen LogP contribution in [0.25, 0.3) is 0 Å². The topological polar surface area (TPSA) is 66.4 Å². The van der Waals surface area contributed by atoms with Gasteiger partial charge in [0.05, 0.1) is 17.5 Å². The maximum Gasteiger partial charge on any atom is 0.416 e. The highest BCUT2D eigenvalue weighted by Crippen LogP contribution is 2.37. The Kier molecular flexibility index (Phi) is 5.20. The summed E-state index contributed by atoms with van der Waals surface area (Å²) in [4.78, 5) is 23.1. The zero-order valence-corrected chi connectivity index (χ0v) is 13.3. The molecule has 0 spiro atoms. The monoisotopic (exact) mass is 343 g/mol. The fourth-order valence-corrected chi connectivity index (χ4v) is 3.16. The van der Waals surface area contributed by atoms with Crippen LogP contribution in [0, 0.1) is 0 Å². The standard InChI is InChI=1S/C17H20F3NO3/c1-11(12-5-2-3-6-13(12)17(18,19)20)9-14(22)21-16(7-4-8-16)10-15(23)24/h2-3,5-6,11H,4,7-10H2,1H3,(H,21,22)(H,23,24). The molecule has 7 heteroatoms. The number of carbonyl (C=O) groups is 2. The Balaban J connectivity index is 2.06. The van der Waals surface area contributed by atoms with Crippen LogP contribution in [0.1, 0.15) is 56.1 Å². The molecule has 0 bridgehead atoms. The van der Waals surface area contributed by atoms with Crippen molar-refractivity contribution in [1.82, 2.24) is 5.32 Å². The Bertz CT molecular complexity index is 624. The number of nitrogens with one attached hydrogen (secondary N) is 1. The highest BCUT2D eigenvalue weighted by Gasteiger charge is 2.40. The van der Waals surface area contributed by atoms with Gasteiger partial charge in [-0.3, -0.25) is 9.59 Å². The van der Waals surface area contributed by atoms with Crippen LogP contribution in [0.5, 0.6) is 0 Å². The van der Waals surface area contributed by atoms with Crippen LogP contribution < -0.4 is 5.32 Å². The molecule has 0 heterocycles. The number of aliphatic carboxylic acids is 1. The van der Waals surface area contributed by atoms with Gasteiger partial charge in [-0.15, -0.1) is 0 Å². The maximum atomic E-state index is 13.1. The third-order valence-electron chi connectivity index (χ3n) is 4.49. The van der Waals surface area contributed by atoms with Gasteiger partial charge in [-0.05, 0) is 36.8 Å². The van der Waals surface area contributed by atoms with Crippen LogP contribution in [-0.4, -0.2) is 22.5 Å². The molecule has 1 aliphatic rings. The molecule has 1 aliphatic carbocycles. The van der Waals surface area contributed by atoms with E-state index >= 15 is 0 Å². The second-order valence-electron chi connectivity index (χ2n) is 6.44. The van der Waals surface area contributed by atoms with Gasteiger partial charge in [0, 0.05) is 6.42 Å². The first-order valence-electron chi connectivity index (χ1n) is 7.82. The average Bonchev–Trinajstić information content (AvgIpc) is 2.43. The first-order valence-corrected chi connectivity index (χ1v) is 7.82. The fraction of sp³-hybridized carbons (Fsp3) is 0.529. The predicted molar refractivity (Wildman–Crippen MR) is 81.5 cm³/mol. The number of carboxylic acids is 1. The van der Waals surface area contributed by atoms with E-state index in [1.54, 1.807) is 6.92 Å². The van der Waals surface area contributed by atoms with E-state index in [0.717, 1.165) is 12.5 Å². The van der Waals surface area contributed by atoms with Crippen molar-refractivity contribution in [3.8, 4) is 0 Å². The van der Waals surface area contributed by atoms with Gasteiger partial charge >= 0.3 is 12.1 Å². The number of hydrogen-bond acceptors (Lipinski definition) is 2. The lowest BCUT2D eigenvalue weighted by molar-refractivity contribution is -0.141. The minimum Gasteiger partial charge on any atom is -0.481 e. The first kappa shape index (κ1) is 18.3. The number of amides is 1. The molecule has 0 aromatic heterocycles. The van der Waals surface area contributed by atoms with Crippen molar-refractivity contribution in [2.45, 2.75) is 56.7 Å². The van der Waals surface area contributed by atoms with Gasteiger partial charge in [0.15, 0.2) is 0 Å². The van der Waals surface area contributed by atoms with Crippen LogP contribution >= 0.6 is 0 Å². The van der Waals surface area contributed by atoms with E-state index in [4.69, 9.17) is 5.11 Å². The smallest absolute Gasteiger partial charge is 0.416 e. The molecule has 0 aliphatic heterocycles. The van der Waals surface area contributed by atoms with Crippen LogP contribution in [0.4, 0.5) is 13.2 Å². The number of carboxylic acid groups (broad SMARTS) is 1. The molecular weight excluding hydrogens is 323 g/mol. The minimum absolute atomic E-state index is 0.0704. The summed E-state index contributed by atoms with van der Waals surface area (Å²) in [6.45, 7) is 1.56. The highest BCUT2D eigenvalue weighted by atomic mass is 19.4. The lowest BCUT2D eigenvalue weighted by Crippen LogP contribution is -2.54. The quantitative estimate of drug-likeness (QED) is 0.827. The number of hydrogen-bond donors (Lipinski definition) is 2. The van der Waals surface area contributed by atoms with Gasteiger partial charge in [0.2, 0.25) is 5.91 Å². The summed E-state index contributed by atoms with van der Waals surface area (Å²) in [6.07, 6.45) is -2.75. The van der Waals surface area contributed by atoms with E-state index in [9.17, 15) is 22.8 Å². The number of benzene rings is 1. The SMILES string of the molecule is CC(CC(=O)NC1(CC(=O)O)CCC1)c1ccccc1C(F)(F)F. The van der Waals surface area contributed by atoms with Crippen molar-refractivity contribution < 1.29 is 27.9 Å². The van der Waals surface area contributed by atoms with Gasteiger partial charge < -0.3 is 10.4 Å². The Morgan fingerprint density at radius 1 is 1.29 bits per heavy atom. The number of rotatable bonds is 6.